The molecule has 0 radical (unpaired) electrons. The number of rotatable bonds is 3. The zero-order valence-electron chi connectivity index (χ0n) is 12.0. The van der Waals surface area contributed by atoms with Gasteiger partial charge < -0.3 is 4.57 Å². The number of nitriles is 1. The van der Waals surface area contributed by atoms with E-state index in [-0.39, 0.29) is 0 Å². The Morgan fingerprint density at radius 1 is 1.33 bits per heavy atom. The molecule has 0 atom stereocenters. The number of aryl methyl sites for hydroxylation is 2. The van der Waals surface area contributed by atoms with Crippen molar-refractivity contribution in [3.05, 3.63) is 51.9 Å². The second kappa shape index (κ2) is 5.38. The van der Waals surface area contributed by atoms with Crippen LogP contribution in [-0.4, -0.2) is 14.3 Å². The summed E-state index contributed by atoms with van der Waals surface area (Å²) in [5, 5.41) is 14.6. The van der Waals surface area contributed by atoms with Gasteiger partial charge in [0.25, 0.3) is 0 Å². The third-order valence-corrected chi connectivity index (χ3v) is 4.70. The first-order valence-corrected chi connectivity index (χ1v) is 7.64. The van der Waals surface area contributed by atoms with E-state index in [4.69, 9.17) is 5.26 Å². The molecule has 0 fully saturated rings. The van der Waals surface area contributed by atoms with Gasteiger partial charge in [0.05, 0.1) is 34.0 Å². The van der Waals surface area contributed by atoms with E-state index >= 15 is 0 Å². The average molecular weight is 343 g/mol. The molecule has 0 aliphatic rings. The van der Waals surface area contributed by atoms with Crippen molar-refractivity contribution in [2.24, 2.45) is 0 Å². The Balaban J connectivity index is 2.05. The summed E-state index contributed by atoms with van der Waals surface area (Å²) >= 11 is 3.63. The fourth-order valence-electron chi connectivity index (χ4n) is 2.59. The fourth-order valence-corrected chi connectivity index (χ4v) is 3.00. The molecule has 0 saturated heterocycles. The standard InChI is InChI=1S/C16H15BrN4/c1-3-21-15(16(17)11(2)19-21)10-20-7-6-13-8-12(9-18)4-5-14(13)20/h4-8H,3,10H2,1-2H3. The highest BCUT2D eigenvalue weighted by Crippen LogP contribution is 2.24. The molecule has 0 bridgehead atoms. The van der Waals surface area contributed by atoms with E-state index in [1.54, 1.807) is 0 Å². The van der Waals surface area contributed by atoms with Crippen LogP contribution in [0.5, 0.6) is 0 Å². The molecule has 0 spiro atoms. The molecule has 4 nitrogen and oxygen atoms in total. The maximum Gasteiger partial charge on any atom is 0.0991 e. The highest BCUT2D eigenvalue weighted by Gasteiger charge is 2.13. The van der Waals surface area contributed by atoms with Gasteiger partial charge in [-0.2, -0.15) is 10.4 Å². The number of hydrogen-bond donors (Lipinski definition) is 0. The zero-order valence-corrected chi connectivity index (χ0v) is 13.6. The van der Waals surface area contributed by atoms with Crippen molar-refractivity contribution >= 4 is 26.8 Å². The molecular weight excluding hydrogens is 328 g/mol. The normalized spacial score (nSPS) is 11.0. The average Bonchev–Trinajstić information content (AvgIpc) is 3.02. The minimum absolute atomic E-state index is 0.691. The molecule has 5 heteroatoms. The number of fused-ring (bicyclic) bond motifs is 1. The highest BCUT2D eigenvalue weighted by molar-refractivity contribution is 9.10. The van der Waals surface area contributed by atoms with Crippen molar-refractivity contribution in [3.8, 4) is 6.07 Å². The monoisotopic (exact) mass is 342 g/mol. The van der Waals surface area contributed by atoms with Gasteiger partial charge in [-0.1, -0.05) is 0 Å². The lowest BCUT2D eigenvalue weighted by atomic mass is 10.2. The summed E-state index contributed by atoms with van der Waals surface area (Å²) in [6.07, 6.45) is 2.06. The third-order valence-electron chi connectivity index (χ3n) is 3.67. The quantitative estimate of drug-likeness (QED) is 0.725. The predicted molar refractivity (Wildman–Crippen MR) is 86.1 cm³/mol. The van der Waals surface area contributed by atoms with Crippen LogP contribution in [-0.2, 0) is 13.1 Å². The number of nitrogens with zero attached hydrogens (tertiary/aromatic N) is 4. The van der Waals surface area contributed by atoms with E-state index in [0.717, 1.165) is 39.9 Å². The molecule has 1 aromatic carbocycles. The van der Waals surface area contributed by atoms with Crippen LogP contribution < -0.4 is 0 Å². The van der Waals surface area contributed by atoms with Crippen LogP contribution in [0.4, 0.5) is 0 Å². The topological polar surface area (TPSA) is 46.5 Å². The van der Waals surface area contributed by atoms with Crippen LogP contribution in [0.15, 0.2) is 34.9 Å². The van der Waals surface area contributed by atoms with Gasteiger partial charge in [0.15, 0.2) is 0 Å². The second-order valence-corrected chi connectivity index (χ2v) is 5.78. The summed E-state index contributed by atoms with van der Waals surface area (Å²) in [4.78, 5) is 0. The van der Waals surface area contributed by atoms with Crippen molar-refractivity contribution in [2.45, 2.75) is 26.9 Å². The van der Waals surface area contributed by atoms with Crippen LogP contribution >= 0.6 is 15.9 Å². The maximum absolute atomic E-state index is 8.97. The summed E-state index contributed by atoms with van der Waals surface area (Å²) in [7, 11) is 0. The van der Waals surface area contributed by atoms with Gasteiger partial charge in [-0.15, -0.1) is 0 Å². The molecule has 2 heterocycles. The van der Waals surface area contributed by atoms with Crippen molar-refractivity contribution in [1.82, 2.24) is 14.3 Å². The summed E-state index contributed by atoms with van der Waals surface area (Å²) < 4.78 is 5.28. The molecule has 0 aliphatic carbocycles. The van der Waals surface area contributed by atoms with Crippen molar-refractivity contribution in [1.29, 1.82) is 5.26 Å². The van der Waals surface area contributed by atoms with Gasteiger partial charge >= 0.3 is 0 Å². The number of benzene rings is 1. The minimum Gasteiger partial charge on any atom is -0.341 e. The molecule has 2 aromatic heterocycles. The smallest absolute Gasteiger partial charge is 0.0991 e. The maximum atomic E-state index is 8.97. The third kappa shape index (κ3) is 2.36. The molecule has 106 valence electrons. The Kier molecular flexibility index (Phi) is 3.56. The van der Waals surface area contributed by atoms with Crippen LogP contribution in [0.2, 0.25) is 0 Å². The van der Waals surface area contributed by atoms with Gasteiger partial charge in [-0.3, -0.25) is 4.68 Å². The van der Waals surface area contributed by atoms with E-state index in [1.807, 2.05) is 35.9 Å². The van der Waals surface area contributed by atoms with Gasteiger partial charge in [0, 0.05) is 23.6 Å². The Labute approximate surface area is 131 Å². The predicted octanol–water partition coefficient (Wildman–Crippen LogP) is 3.85. The summed E-state index contributed by atoms with van der Waals surface area (Å²) in [6.45, 7) is 5.70. The van der Waals surface area contributed by atoms with Crippen LogP contribution in [0.25, 0.3) is 10.9 Å². The first kappa shape index (κ1) is 13.9. The minimum atomic E-state index is 0.691. The fraction of sp³-hybridized carbons (Fsp3) is 0.250. The molecule has 21 heavy (non-hydrogen) atoms. The molecule has 0 amide bonds. The second-order valence-electron chi connectivity index (χ2n) is 4.99. The molecule has 3 rings (SSSR count). The molecular formula is C16H15BrN4. The van der Waals surface area contributed by atoms with E-state index < -0.39 is 0 Å². The Bertz CT molecular complexity index is 851. The highest BCUT2D eigenvalue weighted by atomic mass is 79.9. The van der Waals surface area contributed by atoms with Gasteiger partial charge in [0.1, 0.15) is 0 Å². The van der Waals surface area contributed by atoms with E-state index in [1.165, 1.54) is 0 Å². The van der Waals surface area contributed by atoms with E-state index in [0.29, 0.717) is 5.56 Å². The Morgan fingerprint density at radius 3 is 2.86 bits per heavy atom. The first-order valence-electron chi connectivity index (χ1n) is 6.84. The molecule has 0 aliphatic heterocycles. The summed E-state index contributed by atoms with van der Waals surface area (Å²) in [6, 6.07) is 10.0. The first-order chi connectivity index (χ1) is 10.1. The summed E-state index contributed by atoms with van der Waals surface area (Å²) in [5.41, 5.74) is 3.99. The lowest BCUT2D eigenvalue weighted by Crippen LogP contribution is -2.07. The number of halogens is 1. The van der Waals surface area contributed by atoms with Crippen LogP contribution in [0, 0.1) is 18.3 Å². The molecule has 0 saturated carbocycles. The SMILES string of the molecule is CCn1nc(C)c(Br)c1Cn1ccc2cc(C#N)ccc21. The Morgan fingerprint density at radius 2 is 2.14 bits per heavy atom. The summed E-state index contributed by atoms with van der Waals surface area (Å²) in [5.74, 6) is 0. The number of hydrogen-bond acceptors (Lipinski definition) is 2. The molecule has 0 N–H and O–H groups in total. The van der Waals surface area contributed by atoms with Crippen molar-refractivity contribution < 1.29 is 0 Å². The van der Waals surface area contributed by atoms with Crippen molar-refractivity contribution in [3.63, 3.8) is 0 Å². The van der Waals surface area contributed by atoms with Gasteiger partial charge in [-0.25, -0.2) is 0 Å². The van der Waals surface area contributed by atoms with Gasteiger partial charge in [-0.05, 0) is 54.0 Å². The van der Waals surface area contributed by atoms with Crippen LogP contribution in [0.1, 0.15) is 23.9 Å². The largest absolute Gasteiger partial charge is 0.341 e. The van der Waals surface area contributed by atoms with Crippen LogP contribution in [0.3, 0.4) is 0 Å². The van der Waals surface area contributed by atoms with E-state index in [2.05, 4.69) is 44.8 Å². The lowest BCUT2D eigenvalue weighted by molar-refractivity contribution is 0.601. The Hall–Kier alpha value is -2.06. The van der Waals surface area contributed by atoms with Crippen molar-refractivity contribution in [2.75, 3.05) is 0 Å². The molecule has 0 unspecified atom stereocenters. The molecule has 3 aromatic rings. The lowest BCUT2D eigenvalue weighted by Gasteiger charge is -2.08. The zero-order chi connectivity index (χ0) is 15.0. The number of aromatic nitrogens is 3. The van der Waals surface area contributed by atoms with E-state index in [9.17, 15) is 0 Å². The van der Waals surface area contributed by atoms with Gasteiger partial charge in [0.2, 0.25) is 0 Å².